The van der Waals surface area contributed by atoms with Crippen molar-refractivity contribution in [2.24, 2.45) is 0 Å². The molecule has 0 atom stereocenters. The summed E-state index contributed by atoms with van der Waals surface area (Å²) in [4.78, 5) is 25.1. The molecule has 0 N–H and O–H groups in total. The normalized spacial score (nSPS) is 15.7. The van der Waals surface area contributed by atoms with E-state index in [-0.39, 0.29) is 19.0 Å². The van der Waals surface area contributed by atoms with Gasteiger partial charge in [-0.3, -0.25) is 9.59 Å². The minimum Gasteiger partial charge on any atom is -0.427 e. The van der Waals surface area contributed by atoms with Crippen LogP contribution in [-0.2, 0) is 14.8 Å². The third kappa shape index (κ3) is 3.95. The lowest BCUT2D eigenvalue weighted by Crippen LogP contribution is -2.50. The van der Waals surface area contributed by atoms with E-state index in [4.69, 9.17) is 4.74 Å². The van der Waals surface area contributed by atoms with Crippen LogP contribution in [0.25, 0.3) is 0 Å². The van der Waals surface area contributed by atoms with Gasteiger partial charge in [0.1, 0.15) is 9.96 Å². The van der Waals surface area contributed by atoms with Gasteiger partial charge in [-0.1, -0.05) is 6.07 Å². The standard InChI is InChI=1S/C17H18N2O5S2/c1-13(20)24-15-6-4-14(5-7-15)17(21)18-8-10-19(11-9-18)26(22,23)16-3-2-12-25-16/h2-7,12H,8-11H2,1H3. The molecule has 0 spiro atoms. The highest BCUT2D eigenvalue weighted by Gasteiger charge is 2.30. The van der Waals surface area contributed by atoms with Gasteiger partial charge in [-0.2, -0.15) is 4.31 Å². The molecule has 7 nitrogen and oxygen atoms in total. The number of rotatable bonds is 4. The molecule has 9 heteroatoms. The summed E-state index contributed by atoms with van der Waals surface area (Å²) in [5.74, 6) is -0.222. The summed E-state index contributed by atoms with van der Waals surface area (Å²) in [5, 5.41) is 1.73. The monoisotopic (exact) mass is 394 g/mol. The average molecular weight is 394 g/mol. The first-order chi connectivity index (χ1) is 12.4. The van der Waals surface area contributed by atoms with Crippen LogP contribution >= 0.6 is 11.3 Å². The van der Waals surface area contributed by atoms with Crippen LogP contribution in [0.5, 0.6) is 5.75 Å². The molecule has 1 aromatic heterocycles. The van der Waals surface area contributed by atoms with Crippen molar-refractivity contribution < 1.29 is 22.7 Å². The summed E-state index contributed by atoms with van der Waals surface area (Å²) in [6.45, 7) is 2.49. The Balaban J connectivity index is 1.62. The predicted molar refractivity (Wildman–Crippen MR) is 96.7 cm³/mol. The molecule has 1 amide bonds. The first-order valence-electron chi connectivity index (χ1n) is 7.99. The SMILES string of the molecule is CC(=O)Oc1ccc(C(=O)N2CCN(S(=O)(=O)c3cccs3)CC2)cc1. The number of nitrogens with zero attached hydrogens (tertiary/aromatic N) is 2. The number of piperazine rings is 1. The summed E-state index contributed by atoms with van der Waals surface area (Å²) in [6, 6.07) is 9.60. The quantitative estimate of drug-likeness (QED) is 0.583. The van der Waals surface area contributed by atoms with E-state index >= 15 is 0 Å². The van der Waals surface area contributed by atoms with Crippen LogP contribution in [0.4, 0.5) is 0 Å². The molecule has 1 aliphatic heterocycles. The lowest BCUT2D eigenvalue weighted by atomic mass is 10.2. The van der Waals surface area contributed by atoms with Crippen molar-refractivity contribution in [2.45, 2.75) is 11.1 Å². The van der Waals surface area contributed by atoms with E-state index in [1.165, 1.54) is 22.6 Å². The van der Waals surface area contributed by atoms with E-state index < -0.39 is 16.0 Å². The van der Waals surface area contributed by atoms with Crippen LogP contribution in [0, 0.1) is 0 Å². The third-order valence-electron chi connectivity index (χ3n) is 3.98. The molecule has 0 saturated carbocycles. The largest absolute Gasteiger partial charge is 0.427 e. The summed E-state index contributed by atoms with van der Waals surface area (Å²) in [7, 11) is -3.48. The van der Waals surface area contributed by atoms with Gasteiger partial charge in [-0.25, -0.2) is 8.42 Å². The highest BCUT2D eigenvalue weighted by atomic mass is 32.2. The number of carbonyl (C=O) groups excluding carboxylic acids is 2. The number of thiophene rings is 1. The van der Waals surface area contributed by atoms with Gasteiger partial charge in [-0.05, 0) is 35.7 Å². The third-order valence-corrected chi connectivity index (χ3v) is 7.25. The zero-order valence-corrected chi connectivity index (χ0v) is 15.8. The lowest BCUT2D eigenvalue weighted by molar-refractivity contribution is -0.131. The molecule has 0 bridgehead atoms. The maximum absolute atomic E-state index is 12.6. The number of carbonyl (C=O) groups is 2. The van der Waals surface area contributed by atoms with Crippen LogP contribution in [-0.4, -0.2) is 55.7 Å². The minimum absolute atomic E-state index is 0.174. The van der Waals surface area contributed by atoms with Gasteiger partial charge in [-0.15, -0.1) is 11.3 Å². The molecule has 1 fully saturated rings. The van der Waals surface area contributed by atoms with Crippen molar-refractivity contribution in [3.05, 3.63) is 47.3 Å². The number of benzene rings is 1. The molecule has 2 aromatic rings. The van der Waals surface area contributed by atoms with E-state index in [0.29, 0.717) is 28.6 Å². The van der Waals surface area contributed by atoms with Gasteiger partial charge in [0.25, 0.3) is 15.9 Å². The number of hydrogen-bond donors (Lipinski definition) is 0. The Morgan fingerprint density at radius 1 is 1.04 bits per heavy atom. The second-order valence-electron chi connectivity index (χ2n) is 5.75. The number of esters is 1. The minimum atomic E-state index is -3.48. The summed E-state index contributed by atoms with van der Waals surface area (Å²) < 4.78 is 31.7. The van der Waals surface area contributed by atoms with Crippen LogP contribution < -0.4 is 4.74 Å². The molecule has 2 heterocycles. The Morgan fingerprint density at radius 3 is 2.23 bits per heavy atom. The second-order valence-corrected chi connectivity index (χ2v) is 8.86. The summed E-state index contributed by atoms with van der Waals surface area (Å²) in [5.41, 5.74) is 0.468. The Bertz CT molecular complexity index is 884. The fourth-order valence-corrected chi connectivity index (χ4v) is 5.25. The summed E-state index contributed by atoms with van der Waals surface area (Å²) >= 11 is 1.19. The van der Waals surface area contributed by atoms with E-state index in [0.717, 1.165) is 0 Å². The molecule has 0 aliphatic carbocycles. The van der Waals surface area contributed by atoms with Gasteiger partial charge >= 0.3 is 5.97 Å². The van der Waals surface area contributed by atoms with Crippen molar-refractivity contribution in [1.82, 2.24) is 9.21 Å². The van der Waals surface area contributed by atoms with E-state index in [9.17, 15) is 18.0 Å². The number of amides is 1. The summed E-state index contributed by atoms with van der Waals surface area (Å²) in [6.07, 6.45) is 0. The Morgan fingerprint density at radius 2 is 1.69 bits per heavy atom. The average Bonchev–Trinajstić information content (AvgIpc) is 3.17. The van der Waals surface area contributed by atoms with Crippen LogP contribution in [0.1, 0.15) is 17.3 Å². The first kappa shape index (κ1) is 18.6. The molecule has 26 heavy (non-hydrogen) atoms. The molecule has 0 radical (unpaired) electrons. The van der Waals surface area contributed by atoms with E-state index in [2.05, 4.69) is 0 Å². The maximum Gasteiger partial charge on any atom is 0.308 e. The highest BCUT2D eigenvalue weighted by Crippen LogP contribution is 2.22. The van der Waals surface area contributed by atoms with Crippen molar-refractivity contribution in [3.63, 3.8) is 0 Å². The van der Waals surface area contributed by atoms with Crippen LogP contribution in [0.2, 0.25) is 0 Å². The molecule has 1 aromatic carbocycles. The Labute approximate surface area is 155 Å². The van der Waals surface area contributed by atoms with Crippen molar-refractivity contribution in [1.29, 1.82) is 0 Å². The van der Waals surface area contributed by atoms with Gasteiger partial charge in [0.15, 0.2) is 0 Å². The van der Waals surface area contributed by atoms with Gasteiger partial charge in [0.05, 0.1) is 0 Å². The number of sulfonamides is 1. The Hall–Kier alpha value is -2.23. The van der Waals surface area contributed by atoms with Gasteiger partial charge in [0, 0.05) is 38.7 Å². The molecular weight excluding hydrogens is 376 g/mol. The fraction of sp³-hybridized carbons (Fsp3) is 0.294. The smallest absolute Gasteiger partial charge is 0.308 e. The molecule has 3 rings (SSSR count). The van der Waals surface area contributed by atoms with Crippen LogP contribution in [0.15, 0.2) is 46.0 Å². The van der Waals surface area contributed by atoms with Gasteiger partial charge < -0.3 is 9.64 Å². The lowest BCUT2D eigenvalue weighted by Gasteiger charge is -2.33. The first-order valence-corrected chi connectivity index (χ1v) is 10.3. The van der Waals surface area contributed by atoms with Crippen molar-refractivity contribution in [2.75, 3.05) is 26.2 Å². The number of hydrogen-bond acceptors (Lipinski definition) is 6. The molecular formula is C17H18N2O5S2. The topological polar surface area (TPSA) is 84.0 Å². The van der Waals surface area contributed by atoms with E-state index in [1.54, 1.807) is 46.7 Å². The Kier molecular flexibility index (Phi) is 5.40. The van der Waals surface area contributed by atoms with Crippen molar-refractivity contribution in [3.8, 4) is 5.75 Å². The fourth-order valence-electron chi connectivity index (χ4n) is 2.68. The zero-order chi connectivity index (χ0) is 18.7. The van der Waals surface area contributed by atoms with Crippen LogP contribution in [0.3, 0.4) is 0 Å². The van der Waals surface area contributed by atoms with E-state index in [1.807, 2.05) is 0 Å². The maximum atomic E-state index is 12.6. The predicted octanol–water partition coefficient (Wildman–Crippen LogP) is 1.82. The van der Waals surface area contributed by atoms with Gasteiger partial charge in [0.2, 0.25) is 0 Å². The molecule has 1 saturated heterocycles. The van der Waals surface area contributed by atoms with Crippen molar-refractivity contribution >= 4 is 33.2 Å². The molecule has 0 unspecified atom stereocenters. The zero-order valence-electron chi connectivity index (χ0n) is 14.1. The number of ether oxygens (including phenoxy) is 1. The molecule has 1 aliphatic rings. The molecule has 138 valence electrons. The highest BCUT2D eigenvalue weighted by molar-refractivity contribution is 7.91. The second kappa shape index (κ2) is 7.56.